The normalized spacial score (nSPS) is 11.3. The third-order valence-electron chi connectivity index (χ3n) is 5.19. The molecule has 0 fully saturated rings. The van der Waals surface area contributed by atoms with E-state index in [0.717, 1.165) is 16.9 Å². The zero-order chi connectivity index (χ0) is 25.4. The number of nitrogens with two attached hydrogens (primary N) is 1. The van der Waals surface area contributed by atoms with E-state index in [-0.39, 0.29) is 27.8 Å². The van der Waals surface area contributed by atoms with Crippen LogP contribution in [0.4, 0.5) is 14.5 Å². The summed E-state index contributed by atoms with van der Waals surface area (Å²) in [4.78, 5) is 30.4. The second kappa shape index (κ2) is 9.22. The summed E-state index contributed by atoms with van der Waals surface area (Å²) in [5, 5.41) is 19.6. The molecule has 4 aromatic heterocycles. The lowest BCUT2D eigenvalue weighted by molar-refractivity contribution is 0.100. The van der Waals surface area contributed by atoms with Gasteiger partial charge in [-0.15, -0.1) is 26.3 Å². The molecule has 0 atom stereocenters. The molecule has 11 nitrogen and oxygen atoms in total. The molecule has 4 heterocycles. The number of carbonyl (C=O) groups excluding carboxylic acids is 2. The number of anilines is 1. The van der Waals surface area contributed by atoms with Gasteiger partial charge in [0.1, 0.15) is 15.4 Å². The molecule has 0 aliphatic carbocycles. The van der Waals surface area contributed by atoms with Crippen LogP contribution in [0.15, 0.2) is 48.7 Å². The first kappa shape index (κ1) is 23.2. The molecule has 36 heavy (non-hydrogen) atoms. The van der Waals surface area contributed by atoms with E-state index in [1.807, 2.05) is 30.3 Å². The topological polar surface area (TPSA) is 146 Å². The molecule has 14 heteroatoms. The maximum absolute atomic E-state index is 13.2. The number of carbonyl (C=O) groups is 2. The highest BCUT2D eigenvalue weighted by atomic mass is 32.1. The Balaban J connectivity index is 1.38. The number of primary amides is 1. The van der Waals surface area contributed by atoms with Crippen molar-refractivity contribution in [3.8, 4) is 11.4 Å². The van der Waals surface area contributed by atoms with E-state index < -0.39 is 23.9 Å². The number of amides is 2. The zero-order valence-corrected chi connectivity index (χ0v) is 19.4. The average molecular weight is 510 g/mol. The molecule has 0 aliphatic heterocycles. The molecule has 2 amide bonds. The molecule has 0 saturated carbocycles. The van der Waals surface area contributed by atoms with Crippen LogP contribution in [0, 0.1) is 6.92 Å². The van der Waals surface area contributed by atoms with Crippen LogP contribution in [0.2, 0.25) is 0 Å². The predicted molar refractivity (Wildman–Crippen MR) is 127 cm³/mol. The van der Waals surface area contributed by atoms with Gasteiger partial charge in [-0.05, 0) is 29.8 Å². The first-order valence-corrected chi connectivity index (χ1v) is 11.3. The van der Waals surface area contributed by atoms with Crippen LogP contribution in [0.5, 0.6) is 0 Å². The van der Waals surface area contributed by atoms with Crippen LogP contribution >= 0.6 is 11.3 Å². The first-order chi connectivity index (χ1) is 17.3. The molecule has 0 bridgehead atoms. The summed E-state index contributed by atoms with van der Waals surface area (Å²) in [5.74, 6) is -0.990. The largest absolute Gasteiger partial charge is 0.365 e. The molecule has 5 aromatic rings. The highest BCUT2D eigenvalue weighted by Crippen LogP contribution is 2.38. The molecule has 0 radical (unpaired) electrons. The van der Waals surface area contributed by atoms with E-state index in [0.29, 0.717) is 16.8 Å². The summed E-state index contributed by atoms with van der Waals surface area (Å²) >= 11 is 0.836. The standard InChI is InChI=1S/C22H17F2N9O2S/c1-11-9-14(18(23)24)26-22-15(11)16(17(36-22)19(25)34)27-21(35)13-7-8-32(29-13)10-33-30-20(28-31-33)12-5-3-2-4-6-12/h2-9,18H,10H2,1H3,(H2,25,34)(H,27,35). The van der Waals surface area contributed by atoms with Crippen molar-refractivity contribution in [2.75, 3.05) is 5.32 Å². The van der Waals surface area contributed by atoms with E-state index in [1.54, 1.807) is 13.1 Å². The minimum atomic E-state index is -2.78. The molecule has 0 spiro atoms. The Hall–Kier alpha value is -4.59. The summed E-state index contributed by atoms with van der Waals surface area (Å²) in [6, 6.07) is 12.0. The smallest absolute Gasteiger partial charge is 0.280 e. The third kappa shape index (κ3) is 4.40. The SMILES string of the molecule is Cc1cc(C(F)F)nc2sc(C(N)=O)c(NC(=O)c3ccn(Cn4nnc(-c5ccccc5)n4)n3)c12. The van der Waals surface area contributed by atoms with E-state index >= 15 is 0 Å². The number of hydrogen-bond donors (Lipinski definition) is 2. The Bertz CT molecular complexity index is 1590. The van der Waals surface area contributed by atoms with Crippen LogP contribution < -0.4 is 11.1 Å². The molecule has 0 unspecified atom stereocenters. The second-order valence-corrected chi connectivity index (χ2v) is 8.70. The van der Waals surface area contributed by atoms with Crippen molar-refractivity contribution >= 4 is 39.1 Å². The third-order valence-corrected chi connectivity index (χ3v) is 6.29. The molecule has 0 saturated heterocycles. The highest BCUT2D eigenvalue weighted by molar-refractivity contribution is 7.21. The molecule has 0 aliphatic rings. The van der Waals surface area contributed by atoms with Crippen molar-refractivity contribution in [1.29, 1.82) is 0 Å². The number of hydrogen-bond acceptors (Lipinski definition) is 8. The van der Waals surface area contributed by atoms with Gasteiger partial charge in [0.15, 0.2) is 12.4 Å². The van der Waals surface area contributed by atoms with Gasteiger partial charge in [0, 0.05) is 17.1 Å². The lowest BCUT2D eigenvalue weighted by Gasteiger charge is -2.07. The number of alkyl halides is 2. The first-order valence-electron chi connectivity index (χ1n) is 10.5. The number of rotatable bonds is 7. The summed E-state index contributed by atoms with van der Waals surface area (Å²) in [6.07, 6.45) is -1.22. The van der Waals surface area contributed by atoms with Gasteiger partial charge in [-0.1, -0.05) is 30.3 Å². The lowest BCUT2D eigenvalue weighted by Crippen LogP contribution is -2.18. The number of fused-ring (bicyclic) bond motifs is 1. The van der Waals surface area contributed by atoms with E-state index in [4.69, 9.17) is 5.73 Å². The maximum Gasteiger partial charge on any atom is 0.280 e. The summed E-state index contributed by atoms with van der Waals surface area (Å²) in [6.45, 7) is 1.69. The number of halogens is 2. The Labute approximate surface area is 205 Å². The number of aryl methyl sites for hydroxylation is 1. The van der Waals surface area contributed by atoms with E-state index in [2.05, 4.69) is 30.8 Å². The van der Waals surface area contributed by atoms with Crippen LogP contribution in [0.3, 0.4) is 0 Å². The minimum Gasteiger partial charge on any atom is -0.365 e. The number of nitrogens with one attached hydrogen (secondary N) is 1. The fourth-order valence-electron chi connectivity index (χ4n) is 3.59. The number of tetrazole rings is 1. The van der Waals surface area contributed by atoms with E-state index in [9.17, 15) is 18.4 Å². The van der Waals surface area contributed by atoms with Gasteiger partial charge in [-0.25, -0.2) is 18.4 Å². The number of pyridine rings is 1. The zero-order valence-electron chi connectivity index (χ0n) is 18.6. The van der Waals surface area contributed by atoms with Crippen LogP contribution in [0.25, 0.3) is 21.6 Å². The molecule has 5 rings (SSSR count). The Kier molecular flexibility index (Phi) is 5.93. The number of thiophene rings is 1. The maximum atomic E-state index is 13.2. The van der Waals surface area contributed by atoms with Crippen LogP contribution in [-0.4, -0.2) is 46.8 Å². The van der Waals surface area contributed by atoms with Crippen molar-refractivity contribution in [3.05, 3.63) is 70.5 Å². The number of nitrogens with zero attached hydrogens (tertiary/aromatic N) is 7. The van der Waals surface area contributed by atoms with Gasteiger partial charge in [-0.2, -0.15) is 5.10 Å². The predicted octanol–water partition coefficient (Wildman–Crippen LogP) is 3.25. The molecule has 182 valence electrons. The van der Waals surface area contributed by atoms with Crippen molar-refractivity contribution in [2.24, 2.45) is 5.73 Å². The lowest BCUT2D eigenvalue weighted by atomic mass is 10.1. The average Bonchev–Trinajstić information content (AvgIpc) is 3.59. The summed E-state index contributed by atoms with van der Waals surface area (Å²) in [5.41, 5.74) is 6.44. The fraction of sp³-hybridized carbons (Fsp3) is 0.136. The minimum absolute atomic E-state index is 0.0000517. The number of benzene rings is 1. The quantitative estimate of drug-likeness (QED) is 0.342. The van der Waals surface area contributed by atoms with Gasteiger partial charge in [0.25, 0.3) is 18.2 Å². The summed E-state index contributed by atoms with van der Waals surface area (Å²) in [7, 11) is 0. The molecular weight excluding hydrogens is 492 g/mol. The van der Waals surface area contributed by atoms with Gasteiger partial charge in [-0.3, -0.25) is 9.59 Å². The highest BCUT2D eigenvalue weighted by Gasteiger charge is 2.24. The van der Waals surface area contributed by atoms with Crippen LogP contribution in [-0.2, 0) is 6.67 Å². The van der Waals surface area contributed by atoms with E-state index in [1.165, 1.54) is 21.6 Å². The van der Waals surface area contributed by atoms with Crippen molar-refractivity contribution in [1.82, 2.24) is 35.0 Å². The van der Waals surface area contributed by atoms with Gasteiger partial charge in [0.2, 0.25) is 5.82 Å². The molecular formula is C22H17F2N9O2S. The Morgan fingerprint density at radius 1 is 1.17 bits per heavy atom. The summed E-state index contributed by atoms with van der Waals surface area (Å²) < 4.78 is 27.8. The Morgan fingerprint density at radius 2 is 1.94 bits per heavy atom. The van der Waals surface area contributed by atoms with Crippen molar-refractivity contribution in [2.45, 2.75) is 20.0 Å². The molecule has 3 N–H and O–H groups in total. The monoisotopic (exact) mass is 509 g/mol. The second-order valence-electron chi connectivity index (χ2n) is 7.70. The van der Waals surface area contributed by atoms with Crippen molar-refractivity contribution < 1.29 is 18.4 Å². The van der Waals surface area contributed by atoms with Gasteiger partial charge in [0.05, 0.1) is 5.69 Å². The van der Waals surface area contributed by atoms with Gasteiger partial charge < -0.3 is 11.1 Å². The fourth-order valence-corrected chi connectivity index (χ4v) is 4.65. The number of aromatic nitrogens is 7. The van der Waals surface area contributed by atoms with Crippen molar-refractivity contribution in [3.63, 3.8) is 0 Å². The Morgan fingerprint density at radius 3 is 2.67 bits per heavy atom. The van der Waals surface area contributed by atoms with Gasteiger partial charge >= 0.3 is 0 Å². The van der Waals surface area contributed by atoms with Crippen LogP contribution in [0.1, 0.15) is 37.8 Å². The molecule has 1 aromatic carbocycles.